The molecule has 0 amide bonds. The molecule has 0 spiro atoms. The fourth-order valence-electron chi connectivity index (χ4n) is 2.39. The third kappa shape index (κ3) is 5.00. The van der Waals surface area contributed by atoms with Crippen molar-refractivity contribution in [2.24, 2.45) is 4.99 Å². The van der Waals surface area contributed by atoms with E-state index in [1.165, 1.54) is 15.6 Å². The third-order valence-corrected chi connectivity index (χ3v) is 5.43. The molecule has 0 atom stereocenters. The van der Waals surface area contributed by atoms with Gasteiger partial charge in [-0.3, -0.25) is 4.99 Å². The van der Waals surface area contributed by atoms with Gasteiger partial charge in [0.2, 0.25) is 0 Å². The van der Waals surface area contributed by atoms with E-state index in [1.54, 1.807) is 22.7 Å². The SMILES string of the molecule is CCc1nc(CCNC(=NC)N(C)Cc2csc(C)n2)sc1C. The zero-order valence-corrected chi connectivity index (χ0v) is 16.1. The largest absolute Gasteiger partial charge is 0.356 e. The quantitative estimate of drug-likeness (QED) is 0.642. The molecule has 0 bridgehead atoms. The van der Waals surface area contributed by atoms with Crippen LogP contribution in [0.4, 0.5) is 0 Å². The number of thiazole rings is 2. The van der Waals surface area contributed by atoms with Gasteiger partial charge >= 0.3 is 0 Å². The molecule has 0 aliphatic rings. The Bertz CT molecular complexity index is 659. The lowest BCUT2D eigenvalue weighted by Gasteiger charge is -2.21. The maximum absolute atomic E-state index is 4.68. The summed E-state index contributed by atoms with van der Waals surface area (Å²) >= 11 is 3.48. The number of hydrogen-bond acceptors (Lipinski definition) is 5. The predicted molar refractivity (Wildman–Crippen MR) is 99.6 cm³/mol. The number of aliphatic imine (C=N–C) groups is 1. The van der Waals surface area contributed by atoms with Crippen molar-refractivity contribution < 1.29 is 0 Å². The summed E-state index contributed by atoms with van der Waals surface area (Å²) < 4.78 is 0. The van der Waals surface area contributed by atoms with Gasteiger partial charge in [0, 0.05) is 37.3 Å². The van der Waals surface area contributed by atoms with Gasteiger partial charge in [-0.15, -0.1) is 22.7 Å². The minimum atomic E-state index is 0.764. The molecule has 0 aliphatic heterocycles. The molecule has 126 valence electrons. The van der Waals surface area contributed by atoms with Gasteiger partial charge in [0.1, 0.15) is 0 Å². The maximum Gasteiger partial charge on any atom is 0.193 e. The average molecular weight is 352 g/mol. The Hall–Kier alpha value is -1.47. The van der Waals surface area contributed by atoms with E-state index in [0.29, 0.717) is 0 Å². The summed E-state index contributed by atoms with van der Waals surface area (Å²) in [5.74, 6) is 0.889. The second-order valence-electron chi connectivity index (χ2n) is 5.40. The number of hydrogen-bond donors (Lipinski definition) is 1. The molecule has 0 aromatic carbocycles. The Morgan fingerprint density at radius 2 is 2.13 bits per heavy atom. The summed E-state index contributed by atoms with van der Waals surface area (Å²) in [5, 5.41) is 7.80. The van der Waals surface area contributed by atoms with Gasteiger partial charge in [0.15, 0.2) is 5.96 Å². The van der Waals surface area contributed by atoms with Gasteiger partial charge in [-0.05, 0) is 20.3 Å². The van der Waals surface area contributed by atoms with Crippen LogP contribution in [0.1, 0.15) is 33.2 Å². The van der Waals surface area contributed by atoms with Crippen molar-refractivity contribution in [3.63, 3.8) is 0 Å². The monoisotopic (exact) mass is 351 g/mol. The van der Waals surface area contributed by atoms with Gasteiger partial charge in [-0.1, -0.05) is 6.92 Å². The lowest BCUT2D eigenvalue weighted by Crippen LogP contribution is -2.39. The molecule has 0 saturated carbocycles. The first-order valence-electron chi connectivity index (χ1n) is 7.81. The molecule has 0 fully saturated rings. The molecule has 2 aromatic rings. The van der Waals surface area contributed by atoms with E-state index in [4.69, 9.17) is 0 Å². The number of aromatic nitrogens is 2. The highest BCUT2D eigenvalue weighted by molar-refractivity contribution is 7.11. The molecule has 5 nitrogen and oxygen atoms in total. The van der Waals surface area contributed by atoms with Crippen LogP contribution in [0.15, 0.2) is 10.4 Å². The predicted octanol–water partition coefficient (Wildman–Crippen LogP) is 3.03. The molecule has 1 N–H and O–H groups in total. The molecule has 7 heteroatoms. The van der Waals surface area contributed by atoms with Crippen LogP contribution < -0.4 is 5.32 Å². The van der Waals surface area contributed by atoms with Crippen LogP contribution >= 0.6 is 22.7 Å². The van der Waals surface area contributed by atoms with E-state index < -0.39 is 0 Å². The minimum Gasteiger partial charge on any atom is -0.356 e. The molecule has 2 aromatic heterocycles. The Balaban J connectivity index is 1.84. The lowest BCUT2D eigenvalue weighted by atomic mass is 10.3. The van der Waals surface area contributed by atoms with Crippen LogP contribution in [0.5, 0.6) is 0 Å². The van der Waals surface area contributed by atoms with Crippen molar-refractivity contribution in [1.29, 1.82) is 0 Å². The van der Waals surface area contributed by atoms with E-state index in [1.807, 2.05) is 21.0 Å². The van der Waals surface area contributed by atoms with Crippen LogP contribution in [0, 0.1) is 13.8 Å². The van der Waals surface area contributed by atoms with Crippen molar-refractivity contribution in [2.75, 3.05) is 20.6 Å². The standard InChI is InChI=1S/C16H25N5S2/c1-6-14-11(2)23-15(20-14)7-8-18-16(17-4)21(5)9-13-10-22-12(3)19-13/h10H,6-9H2,1-5H3,(H,17,18). The zero-order valence-electron chi connectivity index (χ0n) is 14.5. The van der Waals surface area contributed by atoms with Gasteiger partial charge < -0.3 is 10.2 Å². The summed E-state index contributed by atoms with van der Waals surface area (Å²) in [7, 11) is 3.85. The highest BCUT2D eigenvalue weighted by Crippen LogP contribution is 2.18. The first-order chi connectivity index (χ1) is 11.0. The molecule has 2 rings (SSSR count). The van der Waals surface area contributed by atoms with Crippen LogP contribution in [-0.4, -0.2) is 41.5 Å². The topological polar surface area (TPSA) is 53.4 Å². The van der Waals surface area contributed by atoms with Crippen LogP contribution in [0.3, 0.4) is 0 Å². The van der Waals surface area contributed by atoms with E-state index >= 15 is 0 Å². The van der Waals surface area contributed by atoms with E-state index in [0.717, 1.165) is 42.6 Å². The molecular formula is C16H25N5S2. The van der Waals surface area contributed by atoms with Crippen LogP contribution in [0.25, 0.3) is 0 Å². The maximum atomic E-state index is 4.68. The van der Waals surface area contributed by atoms with Gasteiger partial charge in [0.05, 0.1) is 27.9 Å². The van der Waals surface area contributed by atoms with Gasteiger partial charge in [-0.25, -0.2) is 9.97 Å². The van der Waals surface area contributed by atoms with Crippen molar-refractivity contribution in [3.05, 3.63) is 31.7 Å². The minimum absolute atomic E-state index is 0.764. The number of nitrogens with one attached hydrogen (secondary N) is 1. The smallest absolute Gasteiger partial charge is 0.193 e. The Morgan fingerprint density at radius 3 is 2.70 bits per heavy atom. The van der Waals surface area contributed by atoms with Crippen molar-refractivity contribution in [1.82, 2.24) is 20.2 Å². The van der Waals surface area contributed by atoms with Crippen molar-refractivity contribution >= 4 is 28.6 Å². The first-order valence-corrected chi connectivity index (χ1v) is 9.51. The Labute approximate surface area is 146 Å². The van der Waals surface area contributed by atoms with Crippen LogP contribution in [0.2, 0.25) is 0 Å². The van der Waals surface area contributed by atoms with Crippen LogP contribution in [-0.2, 0) is 19.4 Å². The van der Waals surface area contributed by atoms with Gasteiger partial charge in [-0.2, -0.15) is 0 Å². The van der Waals surface area contributed by atoms with E-state index in [2.05, 4.69) is 44.4 Å². The molecule has 0 aliphatic carbocycles. The number of guanidine groups is 1. The normalized spacial score (nSPS) is 11.8. The third-order valence-electron chi connectivity index (χ3n) is 3.53. The Morgan fingerprint density at radius 1 is 1.35 bits per heavy atom. The second-order valence-corrected chi connectivity index (χ2v) is 7.75. The molecule has 0 unspecified atom stereocenters. The average Bonchev–Trinajstić information content (AvgIpc) is 3.09. The number of rotatable bonds is 6. The molecule has 2 heterocycles. The highest BCUT2D eigenvalue weighted by atomic mass is 32.1. The molecule has 0 radical (unpaired) electrons. The summed E-state index contributed by atoms with van der Waals surface area (Å²) in [5.41, 5.74) is 2.31. The zero-order chi connectivity index (χ0) is 16.8. The molecule has 0 saturated heterocycles. The molecule has 23 heavy (non-hydrogen) atoms. The number of nitrogens with zero attached hydrogens (tertiary/aromatic N) is 4. The second kappa shape index (κ2) is 8.40. The van der Waals surface area contributed by atoms with E-state index in [-0.39, 0.29) is 0 Å². The summed E-state index contributed by atoms with van der Waals surface area (Å²) in [6.07, 6.45) is 1.93. The van der Waals surface area contributed by atoms with E-state index in [9.17, 15) is 0 Å². The Kier molecular flexibility index (Phi) is 6.53. The first kappa shape index (κ1) is 17.9. The number of aryl methyl sites for hydroxylation is 3. The summed E-state index contributed by atoms with van der Waals surface area (Å²) in [6, 6.07) is 0. The fourth-order valence-corrected chi connectivity index (χ4v) is 4.01. The van der Waals surface area contributed by atoms with Crippen molar-refractivity contribution in [3.8, 4) is 0 Å². The van der Waals surface area contributed by atoms with Crippen molar-refractivity contribution in [2.45, 2.75) is 40.2 Å². The van der Waals surface area contributed by atoms with Gasteiger partial charge in [0.25, 0.3) is 0 Å². The lowest BCUT2D eigenvalue weighted by molar-refractivity contribution is 0.471. The summed E-state index contributed by atoms with van der Waals surface area (Å²) in [4.78, 5) is 17.0. The summed E-state index contributed by atoms with van der Waals surface area (Å²) in [6.45, 7) is 7.93. The fraction of sp³-hybridized carbons (Fsp3) is 0.562. The molecular weight excluding hydrogens is 326 g/mol. The highest BCUT2D eigenvalue weighted by Gasteiger charge is 2.10.